The van der Waals surface area contributed by atoms with Crippen LogP contribution < -0.4 is 0 Å². The van der Waals surface area contributed by atoms with Crippen molar-refractivity contribution in [2.24, 2.45) is 0 Å². The van der Waals surface area contributed by atoms with Crippen LogP contribution in [0.5, 0.6) is 0 Å². The fraction of sp³-hybridized carbons (Fsp3) is 0.0127. The van der Waals surface area contributed by atoms with E-state index in [-0.39, 0.29) is 0 Å². The molecule has 0 saturated carbocycles. The largest absolute Gasteiger partial charge is 0.308 e. The van der Waals surface area contributed by atoms with Crippen LogP contribution >= 0.6 is 0 Å². The van der Waals surface area contributed by atoms with Gasteiger partial charge in [-0.15, -0.1) is 0 Å². The molecule has 0 amide bonds. The summed E-state index contributed by atoms with van der Waals surface area (Å²) in [5.41, 5.74) is 25.0. The number of para-hydroxylation sites is 4. The zero-order valence-electron chi connectivity index (χ0n) is 43.8. The minimum Gasteiger partial charge on any atom is -0.308 e. The quantitative estimate of drug-likeness (QED) is 0.156. The molecule has 18 aromatic rings. The number of aromatic nitrogens is 2. The minimum absolute atomic E-state index is 0.593. The van der Waals surface area contributed by atoms with Gasteiger partial charge in [0.1, 0.15) is 0 Å². The van der Waals surface area contributed by atoms with E-state index in [1.165, 1.54) is 186 Å². The molecule has 2 aliphatic rings. The van der Waals surface area contributed by atoms with Crippen molar-refractivity contribution in [3.05, 3.63) is 289 Å². The van der Waals surface area contributed by atoms with Crippen molar-refractivity contribution < 1.29 is 0 Å². The van der Waals surface area contributed by atoms with Crippen LogP contribution in [0.15, 0.2) is 267 Å². The second-order valence-electron chi connectivity index (χ2n) is 22.8. The molecule has 0 saturated heterocycles. The zero-order valence-corrected chi connectivity index (χ0v) is 43.8. The normalized spacial score (nSPS) is 13.5. The summed E-state index contributed by atoms with van der Waals surface area (Å²) in [6.07, 6.45) is 0. The van der Waals surface area contributed by atoms with Crippen molar-refractivity contribution in [1.82, 2.24) is 8.80 Å². The first-order valence-electron chi connectivity index (χ1n) is 28.4. The molecule has 81 heavy (non-hydrogen) atoms. The third kappa shape index (κ3) is 5.00. The van der Waals surface area contributed by atoms with Crippen LogP contribution in [-0.2, 0) is 5.41 Å². The molecule has 0 N–H and O–H groups in total. The molecule has 0 atom stereocenters. The molecule has 0 aliphatic heterocycles. The fourth-order valence-electron chi connectivity index (χ4n) is 16.5. The van der Waals surface area contributed by atoms with Gasteiger partial charge in [0.05, 0.1) is 38.5 Å². The van der Waals surface area contributed by atoms with E-state index in [1.807, 2.05) is 0 Å². The Balaban J connectivity index is 0.993. The van der Waals surface area contributed by atoms with Crippen LogP contribution in [0.4, 0.5) is 0 Å². The van der Waals surface area contributed by atoms with Gasteiger partial charge in [0.2, 0.25) is 0 Å². The van der Waals surface area contributed by atoms with Crippen LogP contribution in [0, 0.1) is 0 Å². The van der Waals surface area contributed by atoms with Gasteiger partial charge in [-0.3, -0.25) is 0 Å². The Morgan fingerprint density at radius 3 is 1.15 bits per heavy atom. The minimum atomic E-state index is -0.593. The molecule has 0 radical (unpaired) electrons. The Kier molecular flexibility index (Phi) is 7.85. The second kappa shape index (κ2) is 15.0. The number of fused-ring (bicyclic) bond motifs is 26. The van der Waals surface area contributed by atoms with Crippen LogP contribution in [0.3, 0.4) is 0 Å². The third-order valence-corrected chi connectivity index (χ3v) is 19.4. The summed E-state index contributed by atoms with van der Waals surface area (Å²) >= 11 is 0. The van der Waals surface area contributed by atoms with Crippen LogP contribution in [-0.4, -0.2) is 8.80 Å². The van der Waals surface area contributed by atoms with Gasteiger partial charge in [-0.05, 0) is 147 Å². The maximum Gasteiger partial charge on any atom is 0.0731 e. The van der Waals surface area contributed by atoms with E-state index in [0.29, 0.717) is 0 Å². The fourth-order valence-corrected chi connectivity index (χ4v) is 16.5. The topological polar surface area (TPSA) is 8.82 Å². The summed E-state index contributed by atoms with van der Waals surface area (Å²) in [7, 11) is 0. The molecule has 0 fully saturated rings. The van der Waals surface area contributed by atoms with Gasteiger partial charge in [0.25, 0.3) is 0 Å². The Morgan fingerprint density at radius 2 is 0.617 bits per heavy atom. The lowest BCUT2D eigenvalue weighted by Crippen LogP contribution is -2.26. The lowest BCUT2D eigenvalue weighted by Gasteiger charge is -2.33. The molecule has 0 bridgehead atoms. The van der Waals surface area contributed by atoms with Crippen molar-refractivity contribution in [1.29, 1.82) is 0 Å². The smallest absolute Gasteiger partial charge is 0.0731 e. The number of benzene rings is 14. The average Bonchev–Trinajstić information content (AvgIpc) is 3.95. The first-order chi connectivity index (χ1) is 40.3. The third-order valence-electron chi connectivity index (χ3n) is 19.4. The Hall–Kier alpha value is -10.5. The van der Waals surface area contributed by atoms with Gasteiger partial charge in [-0.25, -0.2) is 0 Å². The maximum absolute atomic E-state index is 2.57. The molecule has 0 unspecified atom stereocenters. The van der Waals surface area contributed by atoms with E-state index in [2.05, 4.69) is 276 Å². The Labute approximate surface area is 464 Å². The van der Waals surface area contributed by atoms with Gasteiger partial charge in [-0.2, -0.15) is 0 Å². The van der Waals surface area contributed by atoms with Gasteiger partial charge in [0.15, 0.2) is 0 Å². The highest BCUT2D eigenvalue weighted by atomic mass is 14.9. The Bertz CT molecular complexity index is 5560. The van der Waals surface area contributed by atoms with E-state index in [1.54, 1.807) is 0 Å². The molecule has 2 aliphatic carbocycles. The van der Waals surface area contributed by atoms with Gasteiger partial charge in [-0.1, -0.05) is 231 Å². The standard InChI is InChI=1S/C79H44N2/c1-2-20-46-45(19-1)43-64(76-73(46)59-25-5-12-34-67(59)79(76)65-32-10-3-21-49(65)50-22-4-11-33-66(50)79)72-53-30-17-28-47(55-39-41-57-51-23-6-13-35-68(51)80-70-37-15-8-26-60(70)74(55)77(57)80)62(53)44-63-48(29-18-31-54(63)72)56-40-42-58-52-24-7-14-36-69(52)81-71-38-16-9-27-61(71)75(56)78(58)81/h1-44H. The monoisotopic (exact) mass is 1020 g/mol. The summed E-state index contributed by atoms with van der Waals surface area (Å²) in [6, 6.07) is 102. The number of hydrogen-bond donors (Lipinski definition) is 0. The predicted octanol–water partition coefficient (Wildman–Crippen LogP) is 20.8. The SMILES string of the molecule is c1ccc2c(c1)-c1ccccc1C21c2ccccc2-c2c1c(-c1c3cccc(-c4ccc5c6ccccc6n6c7ccccc7c4c56)c3cc3c(-c4ccc5c6ccccc6n6c7ccccc7c4c56)cccc13)cc1ccccc21. The molecule has 4 aromatic heterocycles. The molecule has 2 heteroatoms. The van der Waals surface area contributed by atoms with Crippen LogP contribution in [0.25, 0.3) is 164 Å². The van der Waals surface area contributed by atoms with E-state index in [4.69, 9.17) is 0 Å². The van der Waals surface area contributed by atoms with E-state index in [0.717, 1.165) is 0 Å². The van der Waals surface area contributed by atoms with Crippen molar-refractivity contribution in [3.63, 3.8) is 0 Å². The van der Waals surface area contributed by atoms with Gasteiger partial charge >= 0.3 is 0 Å². The summed E-state index contributed by atoms with van der Waals surface area (Å²) in [4.78, 5) is 0. The Morgan fingerprint density at radius 1 is 0.222 bits per heavy atom. The highest BCUT2D eigenvalue weighted by Gasteiger charge is 2.53. The van der Waals surface area contributed by atoms with Crippen molar-refractivity contribution in [2.75, 3.05) is 0 Å². The first-order valence-corrected chi connectivity index (χ1v) is 28.4. The molecule has 2 nitrogen and oxygen atoms in total. The lowest BCUT2D eigenvalue weighted by atomic mass is 9.68. The summed E-state index contributed by atoms with van der Waals surface area (Å²) < 4.78 is 5.04. The first kappa shape index (κ1) is 42.5. The van der Waals surface area contributed by atoms with Crippen LogP contribution in [0.1, 0.15) is 22.3 Å². The number of hydrogen-bond acceptors (Lipinski definition) is 0. The molecular weight excluding hydrogens is 977 g/mol. The maximum atomic E-state index is 2.57. The van der Waals surface area contributed by atoms with Crippen molar-refractivity contribution in [2.45, 2.75) is 5.41 Å². The highest BCUT2D eigenvalue weighted by Crippen LogP contribution is 2.66. The van der Waals surface area contributed by atoms with E-state index >= 15 is 0 Å². The van der Waals surface area contributed by atoms with Crippen molar-refractivity contribution in [3.8, 4) is 55.6 Å². The second-order valence-corrected chi connectivity index (χ2v) is 22.8. The molecule has 370 valence electrons. The molecule has 4 heterocycles. The number of rotatable bonds is 3. The molecule has 14 aromatic carbocycles. The average molecular weight is 1020 g/mol. The molecule has 1 spiro atoms. The van der Waals surface area contributed by atoms with E-state index in [9.17, 15) is 0 Å². The lowest BCUT2D eigenvalue weighted by molar-refractivity contribution is 0.796. The van der Waals surface area contributed by atoms with Gasteiger partial charge in [0, 0.05) is 43.1 Å². The number of nitrogens with zero attached hydrogens (tertiary/aromatic N) is 2. The molecule has 20 rings (SSSR count). The highest BCUT2D eigenvalue weighted by molar-refractivity contribution is 6.32. The van der Waals surface area contributed by atoms with E-state index < -0.39 is 5.41 Å². The van der Waals surface area contributed by atoms with Gasteiger partial charge < -0.3 is 8.80 Å². The zero-order chi connectivity index (χ0) is 52.4. The summed E-state index contributed by atoms with van der Waals surface area (Å²) in [5.74, 6) is 0. The van der Waals surface area contributed by atoms with Crippen LogP contribution in [0.2, 0.25) is 0 Å². The summed E-state index contributed by atoms with van der Waals surface area (Å²) in [6.45, 7) is 0. The summed E-state index contributed by atoms with van der Waals surface area (Å²) in [5, 5.41) is 17.8. The molecular formula is C79H44N2. The van der Waals surface area contributed by atoms with Crippen molar-refractivity contribution >= 4 is 109 Å². The predicted molar refractivity (Wildman–Crippen MR) is 341 cm³/mol.